The fraction of sp³-hybridized carbons (Fsp3) is 0.348. The largest absolute Gasteiger partial charge is 0.332 e. The van der Waals surface area contributed by atoms with E-state index in [1.165, 1.54) is 0 Å². The van der Waals surface area contributed by atoms with Crippen LogP contribution in [0.4, 0.5) is 0 Å². The van der Waals surface area contributed by atoms with E-state index in [2.05, 4.69) is 6.92 Å². The Hall–Kier alpha value is -2.66. The van der Waals surface area contributed by atoms with Gasteiger partial charge < -0.3 is 4.90 Å². The highest BCUT2D eigenvalue weighted by Gasteiger charge is 2.26. The van der Waals surface area contributed by atoms with Crippen molar-refractivity contribution in [3.8, 4) is 5.69 Å². The van der Waals surface area contributed by atoms with Crippen molar-refractivity contribution in [3.05, 3.63) is 70.3 Å². The molecule has 1 atom stereocenters. The molecule has 0 radical (unpaired) electrons. The van der Waals surface area contributed by atoms with Gasteiger partial charge in [0.1, 0.15) is 11.7 Å². The molecule has 152 valence electrons. The molecule has 1 heterocycles. The number of carbonyl (C=O) groups excluding carboxylic acids is 1. The fourth-order valence-electron chi connectivity index (χ4n) is 3.45. The molecule has 3 aromatic rings. The Morgan fingerprint density at radius 2 is 1.86 bits per heavy atom. The van der Waals surface area contributed by atoms with E-state index < -0.39 is 6.04 Å². The van der Waals surface area contributed by atoms with Crippen molar-refractivity contribution in [2.24, 2.45) is 0 Å². The average Bonchev–Trinajstić information content (AvgIpc) is 2.74. The number of hydrogen-bond donors (Lipinski definition) is 0. The summed E-state index contributed by atoms with van der Waals surface area (Å²) in [7, 11) is 0. The topological polar surface area (TPSA) is 55.2 Å². The lowest BCUT2D eigenvalue weighted by Crippen LogP contribution is -2.38. The molecule has 0 saturated carbocycles. The normalized spacial score (nSPS) is 12.1. The van der Waals surface area contributed by atoms with Crippen LogP contribution < -0.4 is 5.56 Å². The maximum absolute atomic E-state index is 13.4. The molecular weight excluding hydrogens is 386 g/mol. The van der Waals surface area contributed by atoms with Gasteiger partial charge >= 0.3 is 0 Å². The molecule has 0 saturated heterocycles. The zero-order valence-corrected chi connectivity index (χ0v) is 17.8. The first-order valence-corrected chi connectivity index (χ1v) is 10.5. The van der Waals surface area contributed by atoms with Crippen LogP contribution in [0.5, 0.6) is 0 Å². The Morgan fingerprint density at radius 1 is 1.17 bits per heavy atom. The predicted molar refractivity (Wildman–Crippen MR) is 118 cm³/mol. The Kier molecular flexibility index (Phi) is 6.70. The van der Waals surface area contributed by atoms with Gasteiger partial charge in [0.2, 0.25) is 5.91 Å². The van der Waals surface area contributed by atoms with Crippen LogP contribution in [0.25, 0.3) is 16.6 Å². The van der Waals surface area contributed by atoms with Gasteiger partial charge in [-0.25, -0.2) is 4.98 Å². The molecule has 0 aliphatic rings. The zero-order chi connectivity index (χ0) is 21.0. The maximum Gasteiger partial charge on any atom is 0.266 e. The number of unbranched alkanes of at least 4 members (excludes halogenated alkanes) is 1. The van der Waals surface area contributed by atoms with E-state index in [1.54, 1.807) is 15.5 Å². The molecule has 0 fully saturated rings. The minimum absolute atomic E-state index is 0.101. The number of fused-ring (bicyclic) bond motifs is 1. The van der Waals surface area contributed by atoms with Crippen molar-refractivity contribution in [1.29, 1.82) is 0 Å². The van der Waals surface area contributed by atoms with Gasteiger partial charge in [-0.2, -0.15) is 0 Å². The molecule has 0 bridgehead atoms. The summed E-state index contributed by atoms with van der Waals surface area (Å²) < 4.78 is 1.62. The number of hydrogen-bond acceptors (Lipinski definition) is 3. The summed E-state index contributed by atoms with van der Waals surface area (Å²) >= 11 is 5.88. The van der Waals surface area contributed by atoms with Crippen molar-refractivity contribution in [2.45, 2.75) is 39.7 Å². The molecule has 2 aromatic carbocycles. The van der Waals surface area contributed by atoms with Crippen molar-refractivity contribution in [1.82, 2.24) is 14.5 Å². The Bertz CT molecular complexity index is 1060. The lowest BCUT2D eigenvalue weighted by atomic mass is 10.1. The minimum atomic E-state index is -0.397. The molecule has 5 nitrogen and oxygen atoms in total. The molecular formula is C23H26ClN3O2. The monoisotopic (exact) mass is 411 g/mol. The summed E-state index contributed by atoms with van der Waals surface area (Å²) in [4.78, 5) is 32.5. The molecule has 29 heavy (non-hydrogen) atoms. The summed E-state index contributed by atoms with van der Waals surface area (Å²) in [6.07, 6.45) is 1.81. The summed E-state index contributed by atoms with van der Waals surface area (Å²) in [6.45, 7) is 6.55. The number of aromatic nitrogens is 2. The average molecular weight is 412 g/mol. The van der Waals surface area contributed by atoms with Crippen LogP contribution >= 0.6 is 11.6 Å². The number of halogens is 1. The van der Waals surface area contributed by atoms with Crippen molar-refractivity contribution < 1.29 is 4.79 Å². The lowest BCUT2D eigenvalue weighted by molar-refractivity contribution is -0.130. The van der Waals surface area contributed by atoms with E-state index in [4.69, 9.17) is 16.6 Å². The van der Waals surface area contributed by atoms with E-state index in [0.717, 1.165) is 24.1 Å². The van der Waals surface area contributed by atoms with Crippen LogP contribution in [0.1, 0.15) is 44.1 Å². The number of nitrogens with zero attached hydrogens (tertiary/aromatic N) is 3. The van der Waals surface area contributed by atoms with Crippen molar-refractivity contribution >= 4 is 28.4 Å². The van der Waals surface area contributed by atoms with Crippen LogP contribution in [0.3, 0.4) is 0 Å². The molecule has 0 N–H and O–H groups in total. The number of alkyl halides is 1. The Labute approximate surface area is 175 Å². The standard InChI is InChI=1S/C23H26ClN3O2/c1-4-5-14-26(21(28)15-24)17(3)22-25-20-9-7-6-8-19(20)23(29)27(22)18-12-10-16(2)11-13-18/h6-13,17H,4-5,14-15H2,1-3H3/t17-/m1/s1. The number of aryl methyl sites for hydroxylation is 1. The van der Waals surface area contributed by atoms with E-state index in [-0.39, 0.29) is 17.3 Å². The summed E-state index contributed by atoms with van der Waals surface area (Å²) in [6, 6.07) is 14.6. The highest BCUT2D eigenvalue weighted by molar-refractivity contribution is 6.27. The van der Waals surface area contributed by atoms with Crippen LogP contribution in [-0.4, -0.2) is 32.8 Å². The third kappa shape index (κ3) is 4.35. The molecule has 6 heteroatoms. The first kappa shape index (κ1) is 21.1. The Morgan fingerprint density at radius 3 is 2.52 bits per heavy atom. The second kappa shape index (κ2) is 9.23. The van der Waals surface area contributed by atoms with Crippen LogP contribution in [0.15, 0.2) is 53.3 Å². The summed E-state index contributed by atoms with van der Waals surface area (Å²) in [5.41, 5.74) is 2.31. The van der Waals surface area contributed by atoms with Crippen molar-refractivity contribution in [2.75, 3.05) is 12.4 Å². The maximum atomic E-state index is 13.4. The SMILES string of the molecule is CCCCN(C(=O)CCl)[C@H](C)c1nc2ccccc2c(=O)n1-c1ccc(C)cc1. The van der Waals surface area contributed by atoms with Crippen molar-refractivity contribution in [3.63, 3.8) is 0 Å². The number of rotatable bonds is 7. The van der Waals surface area contributed by atoms with Gasteiger partial charge in [0.05, 0.1) is 22.6 Å². The van der Waals surface area contributed by atoms with Gasteiger partial charge in [0.15, 0.2) is 0 Å². The molecule has 0 unspecified atom stereocenters. The van der Waals surface area contributed by atoms with Gasteiger partial charge in [0, 0.05) is 6.54 Å². The third-order valence-corrected chi connectivity index (χ3v) is 5.35. The second-order valence-corrected chi connectivity index (χ2v) is 7.48. The Balaban J connectivity index is 2.24. The number of benzene rings is 2. The van der Waals surface area contributed by atoms with Gasteiger partial charge in [-0.1, -0.05) is 43.2 Å². The predicted octanol–water partition coefficient (Wildman–Crippen LogP) is 4.62. The molecule has 3 rings (SSSR count). The highest BCUT2D eigenvalue weighted by atomic mass is 35.5. The molecule has 0 spiro atoms. The lowest BCUT2D eigenvalue weighted by Gasteiger charge is -2.30. The molecule has 1 aromatic heterocycles. The quantitative estimate of drug-likeness (QED) is 0.533. The van der Waals surface area contributed by atoms with Crippen LogP contribution in [0, 0.1) is 6.92 Å². The molecule has 1 amide bonds. The van der Waals surface area contributed by atoms with Gasteiger partial charge in [0.25, 0.3) is 5.56 Å². The van der Waals surface area contributed by atoms with E-state index in [9.17, 15) is 9.59 Å². The summed E-state index contributed by atoms with van der Waals surface area (Å²) in [5, 5.41) is 0.549. The second-order valence-electron chi connectivity index (χ2n) is 7.21. The minimum Gasteiger partial charge on any atom is -0.332 e. The first-order valence-electron chi connectivity index (χ1n) is 9.92. The van der Waals surface area contributed by atoms with Gasteiger partial charge in [-0.15, -0.1) is 11.6 Å². The van der Waals surface area contributed by atoms with E-state index >= 15 is 0 Å². The first-order chi connectivity index (χ1) is 14.0. The number of carbonyl (C=O) groups is 1. The summed E-state index contributed by atoms with van der Waals surface area (Å²) in [5.74, 6) is 0.272. The number of amides is 1. The third-order valence-electron chi connectivity index (χ3n) is 5.12. The van der Waals surface area contributed by atoms with Crippen LogP contribution in [0.2, 0.25) is 0 Å². The highest BCUT2D eigenvalue weighted by Crippen LogP contribution is 2.24. The van der Waals surface area contributed by atoms with Crippen LogP contribution in [-0.2, 0) is 4.79 Å². The smallest absolute Gasteiger partial charge is 0.266 e. The van der Waals surface area contributed by atoms with Gasteiger partial charge in [-0.3, -0.25) is 14.2 Å². The number of para-hydroxylation sites is 1. The van der Waals surface area contributed by atoms with Gasteiger partial charge in [-0.05, 0) is 44.5 Å². The fourth-order valence-corrected chi connectivity index (χ4v) is 3.61. The molecule has 0 aliphatic heterocycles. The van der Waals surface area contributed by atoms with E-state index in [0.29, 0.717) is 23.3 Å². The zero-order valence-electron chi connectivity index (χ0n) is 17.1. The van der Waals surface area contributed by atoms with E-state index in [1.807, 2.05) is 56.3 Å². The molecule has 0 aliphatic carbocycles.